The molecule has 1 aromatic carbocycles. The summed E-state index contributed by atoms with van der Waals surface area (Å²) in [6, 6.07) is 8.28. The average Bonchev–Trinajstić information content (AvgIpc) is 2.44. The molecule has 1 N–H and O–H groups in total. The Bertz CT molecular complexity index is 354. The summed E-state index contributed by atoms with van der Waals surface area (Å²) in [7, 11) is 5.97. The summed E-state index contributed by atoms with van der Waals surface area (Å²) in [6.07, 6.45) is 2.26. The second-order valence-corrected chi connectivity index (χ2v) is 5.16. The molecule has 3 nitrogen and oxygen atoms in total. The number of hydrogen-bond donors (Lipinski definition) is 1. The van der Waals surface area contributed by atoms with Gasteiger partial charge in [0.05, 0.1) is 7.11 Å². The number of ether oxygens (including phenoxy) is 1. The summed E-state index contributed by atoms with van der Waals surface area (Å²) in [5.41, 5.74) is 1.29. The van der Waals surface area contributed by atoms with Gasteiger partial charge in [-0.1, -0.05) is 31.5 Å². The Labute approximate surface area is 118 Å². The van der Waals surface area contributed by atoms with Crippen LogP contribution in [0.5, 0.6) is 5.75 Å². The maximum Gasteiger partial charge on any atom is 0.122 e. The number of benzene rings is 1. The first-order valence-corrected chi connectivity index (χ1v) is 7.16. The molecule has 3 heteroatoms. The van der Waals surface area contributed by atoms with Crippen LogP contribution in [-0.2, 0) is 6.42 Å². The minimum Gasteiger partial charge on any atom is -0.496 e. The van der Waals surface area contributed by atoms with E-state index in [2.05, 4.69) is 36.3 Å². The maximum atomic E-state index is 5.39. The van der Waals surface area contributed by atoms with Gasteiger partial charge < -0.3 is 15.0 Å². The number of nitrogens with one attached hydrogen (secondary N) is 1. The van der Waals surface area contributed by atoms with Gasteiger partial charge in [0.15, 0.2) is 0 Å². The average molecular weight is 264 g/mol. The van der Waals surface area contributed by atoms with Crippen LogP contribution in [0.4, 0.5) is 0 Å². The van der Waals surface area contributed by atoms with Crippen molar-refractivity contribution in [1.82, 2.24) is 10.2 Å². The molecule has 0 radical (unpaired) electrons. The zero-order valence-corrected chi connectivity index (χ0v) is 12.8. The topological polar surface area (TPSA) is 24.5 Å². The van der Waals surface area contributed by atoms with E-state index >= 15 is 0 Å². The van der Waals surface area contributed by atoms with E-state index < -0.39 is 0 Å². The Kier molecular flexibility index (Phi) is 7.53. The third-order valence-electron chi connectivity index (χ3n) is 3.60. The van der Waals surface area contributed by atoms with Crippen molar-refractivity contribution in [2.75, 3.05) is 40.8 Å². The van der Waals surface area contributed by atoms with E-state index in [0.29, 0.717) is 0 Å². The second-order valence-electron chi connectivity index (χ2n) is 5.16. The molecular formula is C16H28N2O. The predicted molar refractivity (Wildman–Crippen MR) is 81.9 cm³/mol. The first-order valence-electron chi connectivity index (χ1n) is 7.16. The largest absolute Gasteiger partial charge is 0.496 e. The van der Waals surface area contributed by atoms with Crippen LogP contribution in [0.25, 0.3) is 0 Å². The van der Waals surface area contributed by atoms with Gasteiger partial charge in [0, 0.05) is 13.1 Å². The number of methoxy groups -OCH3 is 1. The van der Waals surface area contributed by atoms with E-state index in [-0.39, 0.29) is 0 Å². The van der Waals surface area contributed by atoms with Gasteiger partial charge in [0.2, 0.25) is 0 Å². The van der Waals surface area contributed by atoms with Gasteiger partial charge in [0.1, 0.15) is 5.75 Å². The zero-order chi connectivity index (χ0) is 14.1. The van der Waals surface area contributed by atoms with Crippen molar-refractivity contribution >= 4 is 0 Å². The molecule has 0 amide bonds. The van der Waals surface area contributed by atoms with Gasteiger partial charge in [-0.2, -0.15) is 0 Å². The van der Waals surface area contributed by atoms with Crippen molar-refractivity contribution in [1.29, 1.82) is 0 Å². The van der Waals surface area contributed by atoms with E-state index in [1.54, 1.807) is 7.11 Å². The fraction of sp³-hybridized carbons (Fsp3) is 0.625. The lowest BCUT2D eigenvalue weighted by Crippen LogP contribution is -2.32. The van der Waals surface area contributed by atoms with Crippen molar-refractivity contribution in [3.05, 3.63) is 29.8 Å². The van der Waals surface area contributed by atoms with Gasteiger partial charge >= 0.3 is 0 Å². The number of nitrogens with zero attached hydrogens (tertiary/aromatic N) is 1. The van der Waals surface area contributed by atoms with Gasteiger partial charge in [-0.3, -0.25) is 0 Å². The molecule has 0 aromatic heterocycles. The molecule has 0 fully saturated rings. The second kappa shape index (κ2) is 8.94. The highest BCUT2D eigenvalue weighted by molar-refractivity contribution is 5.33. The molecule has 1 aromatic rings. The molecule has 1 rings (SSSR count). The molecule has 19 heavy (non-hydrogen) atoms. The minimum absolute atomic E-state index is 0.729. The Morgan fingerprint density at radius 2 is 2.05 bits per heavy atom. The molecule has 1 atom stereocenters. The summed E-state index contributed by atoms with van der Waals surface area (Å²) >= 11 is 0. The van der Waals surface area contributed by atoms with E-state index in [4.69, 9.17) is 4.74 Å². The third-order valence-corrected chi connectivity index (χ3v) is 3.60. The minimum atomic E-state index is 0.729. The van der Waals surface area contributed by atoms with Crippen molar-refractivity contribution in [2.24, 2.45) is 5.92 Å². The number of para-hydroxylation sites is 1. The molecule has 0 aliphatic rings. The van der Waals surface area contributed by atoms with E-state index in [1.165, 1.54) is 12.0 Å². The SMILES string of the molecule is CCC(CNC)CN(C)CCc1ccccc1OC. The van der Waals surface area contributed by atoms with E-state index in [1.807, 2.05) is 19.2 Å². The number of hydrogen-bond acceptors (Lipinski definition) is 3. The fourth-order valence-corrected chi connectivity index (χ4v) is 2.38. The van der Waals surface area contributed by atoms with Crippen molar-refractivity contribution in [3.8, 4) is 5.75 Å². The first kappa shape index (κ1) is 16.0. The van der Waals surface area contributed by atoms with Crippen LogP contribution in [0.2, 0.25) is 0 Å². The molecular weight excluding hydrogens is 236 g/mol. The summed E-state index contributed by atoms with van der Waals surface area (Å²) in [5, 5.41) is 3.27. The molecule has 0 aliphatic heterocycles. The fourth-order valence-electron chi connectivity index (χ4n) is 2.38. The first-order chi connectivity index (χ1) is 9.21. The Morgan fingerprint density at radius 1 is 1.32 bits per heavy atom. The Hall–Kier alpha value is -1.06. The number of likely N-dealkylation sites (N-methyl/N-ethyl adjacent to an activating group) is 1. The van der Waals surface area contributed by atoms with Gasteiger partial charge in [0.25, 0.3) is 0 Å². The van der Waals surface area contributed by atoms with Gasteiger partial charge in [-0.05, 0) is 44.6 Å². The zero-order valence-electron chi connectivity index (χ0n) is 12.8. The summed E-state index contributed by atoms with van der Waals surface area (Å²) in [6.45, 7) is 5.57. The van der Waals surface area contributed by atoms with Gasteiger partial charge in [-0.15, -0.1) is 0 Å². The standard InChI is InChI=1S/C16H28N2O/c1-5-14(12-17-2)13-18(3)11-10-15-8-6-7-9-16(15)19-4/h6-9,14,17H,5,10-13H2,1-4H3. The molecule has 0 saturated heterocycles. The Balaban J connectivity index is 2.42. The van der Waals surface area contributed by atoms with Gasteiger partial charge in [-0.25, -0.2) is 0 Å². The predicted octanol–water partition coefficient (Wildman–Crippen LogP) is 2.42. The van der Waals surface area contributed by atoms with Crippen LogP contribution in [0.1, 0.15) is 18.9 Å². The smallest absolute Gasteiger partial charge is 0.122 e. The molecule has 0 saturated carbocycles. The molecule has 0 bridgehead atoms. The summed E-state index contributed by atoms with van der Waals surface area (Å²) in [4.78, 5) is 2.41. The van der Waals surface area contributed by atoms with Crippen LogP contribution in [0.3, 0.4) is 0 Å². The molecule has 108 valence electrons. The third kappa shape index (κ3) is 5.62. The van der Waals surface area contributed by atoms with E-state index in [9.17, 15) is 0 Å². The molecule has 0 heterocycles. The lowest BCUT2D eigenvalue weighted by molar-refractivity contribution is 0.270. The highest BCUT2D eigenvalue weighted by Gasteiger charge is 2.09. The highest BCUT2D eigenvalue weighted by Crippen LogP contribution is 2.18. The lowest BCUT2D eigenvalue weighted by atomic mass is 10.1. The molecule has 0 aliphatic carbocycles. The number of rotatable bonds is 9. The van der Waals surface area contributed by atoms with Crippen LogP contribution in [0.15, 0.2) is 24.3 Å². The van der Waals surface area contributed by atoms with Crippen molar-refractivity contribution in [3.63, 3.8) is 0 Å². The van der Waals surface area contributed by atoms with Crippen molar-refractivity contribution < 1.29 is 4.74 Å². The maximum absolute atomic E-state index is 5.39. The quantitative estimate of drug-likeness (QED) is 0.741. The highest BCUT2D eigenvalue weighted by atomic mass is 16.5. The monoisotopic (exact) mass is 264 g/mol. The lowest BCUT2D eigenvalue weighted by Gasteiger charge is -2.23. The summed E-state index contributed by atoms with van der Waals surface area (Å²) in [5.74, 6) is 1.73. The normalized spacial score (nSPS) is 12.7. The van der Waals surface area contributed by atoms with Crippen molar-refractivity contribution in [2.45, 2.75) is 19.8 Å². The van der Waals surface area contributed by atoms with E-state index in [0.717, 1.165) is 37.7 Å². The van der Waals surface area contributed by atoms with Crippen LogP contribution in [0, 0.1) is 5.92 Å². The van der Waals surface area contributed by atoms with Crippen LogP contribution < -0.4 is 10.1 Å². The van der Waals surface area contributed by atoms with Crippen LogP contribution >= 0.6 is 0 Å². The molecule has 0 spiro atoms. The van der Waals surface area contributed by atoms with Crippen LogP contribution in [-0.4, -0.2) is 45.7 Å². The molecule has 1 unspecified atom stereocenters. The Morgan fingerprint density at radius 3 is 2.68 bits per heavy atom. The summed E-state index contributed by atoms with van der Waals surface area (Å²) < 4.78 is 5.39.